The van der Waals surface area contributed by atoms with E-state index in [1.54, 1.807) is 26.0 Å². The Morgan fingerprint density at radius 1 is 1.16 bits per heavy atom. The molecule has 2 aromatic rings. The normalized spacial score (nSPS) is 10.2. The Morgan fingerprint density at radius 3 is 2.32 bits per heavy atom. The van der Waals surface area contributed by atoms with E-state index >= 15 is 0 Å². The van der Waals surface area contributed by atoms with E-state index in [9.17, 15) is 14.7 Å². The van der Waals surface area contributed by atoms with Crippen LogP contribution in [0.5, 0.6) is 0 Å². The first-order valence-electron chi connectivity index (χ1n) is 5.56. The monoisotopic (exact) mass is 260 g/mol. The summed E-state index contributed by atoms with van der Waals surface area (Å²) in [5.41, 5.74) is 1.25. The number of hydrogen-bond acceptors (Lipinski definition) is 4. The van der Waals surface area contributed by atoms with E-state index in [4.69, 9.17) is 0 Å². The van der Waals surface area contributed by atoms with Gasteiger partial charge in [0.15, 0.2) is 5.82 Å². The average Bonchev–Trinajstić information content (AvgIpc) is 2.83. The molecule has 1 aromatic heterocycles. The molecule has 6 nitrogen and oxygen atoms in total. The van der Waals surface area contributed by atoms with Crippen LogP contribution in [0.15, 0.2) is 29.0 Å². The summed E-state index contributed by atoms with van der Waals surface area (Å²) in [6, 6.07) is 4.86. The molecule has 2 rings (SSSR count). The van der Waals surface area contributed by atoms with Crippen LogP contribution in [0.3, 0.4) is 0 Å². The number of carbonyl (C=O) groups is 2. The fourth-order valence-electron chi connectivity index (χ4n) is 1.84. The molecule has 0 spiro atoms. The molecule has 1 aromatic carbocycles. The van der Waals surface area contributed by atoms with E-state index in [0.29, 0.717) is 11.1 Å². The fourth-order valence-corrected chi connectivity index (χ4v) is 1.84. The molecule has 19 heavy (non-hydrogen) atoms. The summed E-state index contributed by atoms with van der Waals surface area (Å²) in [4.78, 5) is 23.4. The van der Waals surface area contributed by atoms with Crippen LogP contribution in [-0.2, 0) is 0 Å². The van der Waals surface area contributed by atoms with Gasteiger partial charge in [0.2, 0.25) is 0 Å². The molecule has 0 aliphatic rings. The van der Waals surface area contributed by atoms with Crippen LogP contribution >= 0.6 is 0 Å². The van der Waals surface area contributed by atoms with Gasteiger partial charge in [-0.3, -0.25) is 4.79 Å². The molecule has 0 saturated heterocycles. The molecule has 0 unspecified atom stereocenters. The lowest BCUT2D eigenvalue weighted by Gasteiger charge is -2.11. The molecule has 0 bridgehead atoms. The van der Waals surface area contributed by atoms with Gasteiger partial charge in [0.25, 0.3) is 5.91 Å². The molecule has 1 amide bonds. The highest BCUT2D eigenvalue weighted by atomic mass is 16.5. The summed E-state index contributed by atoms with van der Waals surface area (Å²) in [6.07, 6.45) is 1.32. The highest BCUT2D eigenvalue weighted by Gasteiger charge is 2.21. The van der Waals surface area contributed by atoms with Gasteiger partial charge in [-0.05, 0) is 25.0 Å². The molecule has 1 heterocycles. The van der Waals surface area contributed by atoms with E-state index < -0.39 is 11.9 Å². The molecule has 0 radical (unpaired) electrons. The van der Waals surface area contributed by atoms with Crippen molar-refractivity contribution in [3.05, 3.63) is 46.7 Å². The lowest BCUT2D eigenvalue weighted by atomic mass is 9.96. The number of carbonyl (C=O) groups excluding carboxylic acids is 1. The zero-order valence-electron chi connectivity index (χ0n) is 10.4. The number of anilines is 1. The van der Waals surface area contributed by atoms with Crippen LogP contribution in [0.4, 0.5) is 5.82 Å². The quantitative estimate of drug-likeness (QED) is 0.882. The third kappa shape index (κ3) is 2.47. The van der Waals surface area contributed by atoms with Crippen molar-refractivity contribution in [3.8, 4) is 0 Å². The number of carboxylic acids is 1. The average molecular weight is 260 g/mol. The second kappa shape index (κ2) is 4.93. The third-order valence-corrected chi connectivity index (χ3v) is 2.74. The van der Waals surface area contributed by atoms with Gasteiger partial charge in [0.05, 0.1) is 11.1 Å². The minimum atomic E-state index is -1.13. The predicted octanol–water partition coefficient (Wildman–Crippen LogP) is 2.24. The van der Waals surface area contributed by atoms with Gasteiger partial charge in [-0.1, -0.05) is 17.3 Å². The molecule has 98 valence electrons. The maximum atomic E-state index is 12.2. The fraction of sp³-hybridized carbons (Fsp3) is 0.154. The first-order valence-corrected chi connectivity index (χ1v) is 5.56. The third-order valence-electron chi connectivity index (χ3n) is 2.74. The van der Waals surface area contributed by atoms with Crippen molar-refractivity contribution >= 4 is 17.7 Å². The number of amides is 1. The lowest BCUT2D eigenvalue weighted by molar-refractivity contribution is 0.0691. The molecular weight excluding hydrogens is 248 g/mol. The Balaban J connectivity index is 2.46. The number of nitrogens with one attached hydrogen (secondary N) is 1. The Morgan fingerprint density at radius 2 is 1.79 bits per heavy atom. The number of benzene rings is 1. The Bertz CT molecular complexity index is 632. The highest BCUT2D eigenvalue weighted by molar-refractivity contribution is 6.11. The van der Waals surface area contributed by atoms with E-state index in [2.05, 4.69) is 15.0 Å². The number of rotatable bonds is 3. The van der Waals surface area contributed by atoms with Crippen LogP contribution in [-0.4, -0.2) is 22.1 Å². The highest BCUT2D eigenvalue weighted by Crippen LogP contribution is 2.20. The summed E-state index contributed by atoms with van der Waals surface area (Å²) in [5, 5.41) is 15.3. The van der Waals surface area contributed by atoms with Gasteiger partial charge in [-0.2, -0.15) is 0 Å². The van der Waals surface area contributed by atoms with Gasteiger partial charge in [0, 0.05) is 6.07 Å². The zero-order valence-corrected chi connectivity index (χ0v) is 10.4. The number of nitrogens with zero attached hydrogens (tertiary/aromatic N) is 1. The molecule has 0 fully saturated rings. The number of aromatic nitrogens is 1. The molecule has 0 atom stereocenters. The molecule has 6 heteroatoms. The molecule has 2 N–H and O–H groups in total. The summed E-state index contributed by atoms with van der Waals surface area (Å²) in [6.45, 7) is 3.33. The minimum absolute atomic E-state index is 0.000921. The van der Waals surface area contributed by atoms with Crippen LogP contribution in [0, 0.1) is 13.8 Å². The number of hydrogen-bond donors (Lipinski definition) is 2. The SMILES string of the molecule is Cc1ccc(C)c(C(=O)Nc2ccon2)c1C(=O)O. The van der Waals surface area contributed by atoms with E-state index in [1.807, 2.05) is 0 Å². The van der Waals surface area contributed by atoms with Crippen molar-refractivity contribution in [1.29, 1.82) is 0 Å². The van der Waals surface area contributed by atoms with Crippen LogP contribution < -0.4 is 5.32 Å². The van der Waals surface area contributed by atoms with Crippen molar-refractivity contribution < 1.29 is 19.2 Å². The first-order chi connectivity index (χ1) is 9.00. The Labute approximate surface area is 109 Å². The van der Waals surface area contributed by atoms with Gasteiger partial charge >= 0.3 is 5.97 Å². The van der Waals surface area contributed by atoms with Crippen molar-refractivity contribution in [1.82, 2.24) is 5.16 Å². The lowest BCUT2D eigenvalue weighted by Crippen LogP contribution is -2.19. The van der Waals surface area contributed by atoms with Crippen molar-refractivity contribution in [2.75, 3.05) is 5.32 Å². The minimum Gasteiger partial charge on any atom is -0.478 e. The van der Waals surface area contributed by atoms with Crippen LogP contribution in [0.1, 0.15) is 31.8 Å². The smallest absolute Gasteiger partial charge is 0.336 e. The molecule has 0 aliphatic carbocycles. The van der Waals surface area contributed by atoms with Crippen molar-refractivity contribution in [2.24, 2.45) is 0 Å². The zero-order chi connectivity index (χ0) is 14.0. The summed E-state index contributed by atoms with van der Waals surface area (Å²) in [5.74, 6) is -1.42. The van der Waals surface area contributed by atoms with Gasteiger partial charge in [-0.25, -0.2) is 4.79 Å². The van der Waals surface area contributed by atoms with E-state index in [1.165, 1.54) is 12.3 Å². The van der Waals surface area contributed by atoms with E-state index in [0.717, 1.165) is 0 Å². The summed E-state index contributed by atoms with van der Waals surface area (Å²) < 4.78 is 4.60. The van der Waals surface area contributed by atoms with Crippen molar-refractivity contribution in [2.45, 2.75) is 13.8 Å². The first kappa shape index (κ1) is 12.8. The van der Waals surface area contributed by atoms with Gasteiger partial charge in [-0.15, -0.1) is 0 Å². The Kier molecular flexibility index (Phi) is 3.33. The maximum absolute atomic E-state index is 12.2. The summed E-state index contributed by atoms with van der Waals surface area (Å²) >= 11 is 0. The molecular formula is C13H12N2O4. The second-order valence-electron chi connectivity index (χ2n) is 4.09. The number of aromatic carboxylic acids is 1. The van der Waals surface area contributed by atoms with Crippen LogP contribution in [0.2, 0.25) is 0 Å². The standard InChI is InChI=1S/C13H12N2O4/c1-7-3-4-8(2)11(13(17)18)10(7)12(16)14-9-5-6-19-15-9/h3-6H,1-2H3,(H,17,18)(H,14,15,16). The molecule has 0 aliphatic heterocycles. The van der Waals surface area contributed by atoms with Gasteiger partial charge < -0.3 is 14.9 Å². The van der Waals surface area contributed by atoms with E-state index in [-0.39, 0.29) is 16.9 Å². The van der Waals surface area contributed by atoms with Crippen LogP contribution in [0.25, 0.3) is 0 Å². The second-order valence-corrected chi connectivity index (χ2v) is 4.09. The number of aryl methyl sites for hydroxylation is 2. The largest absolute Gasteiger partial charge is 0.478 e. The molecule has 0 saturated carbocycles. The topological polar surface area (TPSA) is 92.4 Å². The summed E-state index contributed by atoms with van der Waals surface area (Å²) in [7, 11) is 0. The predicted molar refractivity (Wildman–Crippen MR) is 67.3 cm³/mol. The van der Waals surface area contributed by atoms with Gasteiger partial charge in [0.1, 0.15) is 6.26 Å². The maximum Gasteiger partial charge on any atom is 0.336 e. The van der Waals surface area contributed by atoms with Crippen molar-refractivity contribution in [3.63, 3.8) is 0 Å². The Hall–Kier alpha value is -2.63. The number of carboxylic acid groups (broad SMARTS) is 1.